The van der Waals surface area contributed by atoms with Gasteiger partial charge in [0.2, 0.25) is 11.8 Å². The minimum absolute atomic E-state index is 0.00784. The molecule has 8 nitrogen and oxygen atoms in total. The van der Waals surface area contributed by atoms with Crippen molar-refractivity contribution >= 4 is 27.6 Å². The van der Waals surface area contributed by atoms with E-state index < -0.39 is 21.5 Å². The van der Waals surface area contributed by atoms with Crippen molar-refractivity contribution in [3.8, 4) is 0 Å². The summed E-state index contributed by atoms with van der Waals surface area (Å²) in [5.74, 6) is -1.37. The number of sulfone groups is 1. The highest BCUT2D eigenvalue weighted by atomic mass is 32.2. The second-order valence-electron chi connectivity index (χ2n) is 7.17. The van der Waals surface area contributed by atoms with Crippen LogP contribution < -0.4 is 5.32 Å². The normalized spacial score (nSPS) is 15.8. The lowest BCUT2D eigenvalue weighted by Crippen LogP contribution is -2.47. The van der Waals surface area contributed by atoms with Crippen molar-refractivity contribution in [1.29, 1.82) is 0 Å². The van der Waals surface area contributed by atoms with Crippen LogP contribution in [0.2, 0.25) is 0 Å². The Labute approximate surface area is 165 Å². The van der Waals surface area contributed by atoms with Gasteiger partial charge in [0.05, 0.1) is 4.90 Å². The van der Waals surface area contributed by atoms with Gasteiger partial charge >= 0.3 is 0 Å². The van der Waals surface area contributed by atoms with Gasteiger partial charge < -0.3 is 15.1 Å². The van der Waals surface area contributed by atoms with Crippen LogP contribution in [0.25, 0.3) is 0 Å². The molecule has 1 N–H and O–H groups in total. The van der Waals surface area contributed by atoms with Crippen molar-refractivity contribution in [3.05, 3.63) is 29.8 Å². The van der Waals surface area contributed by atoms with Crippen LogP contribution in [-0.4, -0.2) is 74.9 Å². The van der Waals surface area contributed by atoms with Crippen LogP contribution in [-0.2, 0) is 19.4 Å². The summed E-state index contributed by atoms with van der Waals surface area (Å²) in [5, 5.41) is 2.78. The molecule has 1 atom stereocenters. The summed E-state index contributed by atoms with van der Waals surface area (Å²) in [6.45, 7) is 2.91. The quantitative estimate of drug-likeness (QED) is 0.713. The van der Waals surface area contributed by atoms with Crippen LogP contribution in [0.15, 0.2) is 29.2 Å². The van der Waals surface area contributed by atoms with Crippen LogP contribution in [0.4, 0.5) is 0 Å². The lowest BCUT2D eigenvalue weighted by molar-refractivity contribution is -0.135. The third-order valence-corrected chi connectivity index (χ3v) is 6.36. The number of rotatable bonds is 7. The second kappa shape index (κ2) is 9.18. The lowest BCUT2D eigenvalue weighted by Gasteiger charge is -2.32. The fourth-order valence-corrected chi connectivity index (χ4v) is 4.23. The van der Waals surface area contributed by atoms with Crippen molar-refractivity contribution < 1.29 is 22.8 Å². The van der Waals surface area contributed by atoms with Crippen molar-refractivity contribution in [2.45, 2.75) is 37.1 Å². The molecule has 0 aliphatic carbocycles. The van der Waals surface area contributed by atoms with Gasteiger partial charge in [0.1, 0.15) is 5.75 Å². The molecule has 0 radical (unpaired) electrons. The molecule has 3 amide bonds. The third kappa shape index (κ3) is 5.54. The highest BCUT2D eigenvalue weighted by Crippen LogP contribution is 2.15. The van der Waals surface area contributed by atoms with Crippen LogP contribution in [0.5, 0.6) is 0 Å². The number of hydrogen-bond acceptors (Lipinski definition) is 5. The molecule has 0 unspecified atom stereocenters. The molecule has 1 fully saturated rings. The molecule has 1 aromatic rings. The first-order chi connectivity index (χ1) is 13.1. The molecule has 28 heavy (non-hydrogen) atoms. The van der Waals surface area contributed by atoms with Gasteiger partial charge in [-0.1, -0.05) is 0 Å². The molecule has 154 valence electrons. The fourth-order valence-electron chi connectivity index (χ4n) is 2.93. The zero-order valence-electron chi connectivity index (χ0n) is 16.5. The van der Waals surface area contributed by atoms with E-state index in [-0.39, 0.29) is 22.8 Å². The predicted molar refractivity (Wildman–Crippen MR) is 105 cm³/mol. The largest absolute Gasteiger partial charge is 0.350 e. The van der Waals surface area contributed by atoms with Gasteiger partial charge in [-0.2, -0.15) is 0 Å². The molecule has 2 rings (SSSR count). The van der Waals surface area contributed by atoms with Gasteiger partial charge in [0.25, 0.3) is 5.91 Å². The van der Waals surface area contributed by atoms with Gasteiger partial charge in [0, 0.05) is 45.2 Å². The number of carbonyl (C=O) groups is 3. The third-order valence-electron chi connectivity index (χ3n) is 4.74. The van der Waals surface area contributed by atoms with Crippen molar-refractivity contribution in [2.24, 2.45) is 0 Å². The average molecular weight is 410 g/mol. The molecular weight excluding hydrogens is 382 g/mol. The van der Waals surface area contributed by atoms with Gasteiger partial charge in [0.15, 0.2) is 9.84 Å². The maximum atomic E-state index is 12.3. The Balaban J connectivity index is 1.96. The first-order valence-corrected chi connectivity index (χ1v) is 10.9. The van der Waals surface area contributed by atoms with Gasteiger partial charge in [-0.05, 0) is 44.0 Å². The Morgan fingerprint density at radius 3 is 2.39 bits per heavy atom. The fraction of sp³-hybridized carbons (Fsp3) is 0.526. The highest BCUT2D eigenvalue weighted by molar-refractivity contribution is 7.92. The monoisotopic (exact) mass is 409 g/mol. The number of carbonyl (C=O) groups excluding carboxylic acids is 3. The summed E-state index contributed by atoms with van der Waals surface area (Å²) in [6.07, 6.45) is 2.42. The van der Waals surface area contributed by atoms with Crippen LogP contribution in [0.1, 0.15) is 36.5 Å². The molecule has 0 spiro atoms. The molecule has 1 saturated heterocycles. The molecule has 1 heterocycles. The average Bonchev–Trinajstić information content (AvgIpc) is 2.66. The number of hydrogen-bond donors (Lipinski definition) is 1. The van der Waals surface area contributed by atoms with E-state index in [4.69, 9.17) is 0 Å². The highest BCUT2D eigenvalue weighted by Gasteiger charge is 2.24. The molecule has 9 heteroatoms. The van der Waals surface area contributed by atoms with E-state index in [2.05, 4.69) is 5.32 Å². The molecule has 0 bridgehead atoms. The van der Waals surface area contributed by atoms with Gasteiger partial charge in [-0.15, -0.1) is 0 Å². The summed E-state index contributed by atoms with van der Waals surface area (Å²) < 4.78 is 24.5. The van der Waals surface area contributed by atoms with E-state index >= 15 is 0 Å². The zero-order chi connectivity index (χ0) is 20.9. The number of likely N-dealkylation sites (tertiary alicyclic amines) is 1. The number of benzene rings is 1. The minimum atomic E-state index is -3.76. The van der Waals surface area contributed by atoms with Crippen LogP contribution in [0.3, 0.4) is 0 Å². The zero-order valence-corrected chi connectivity index (χ0v) is 17.3. The Morgan fingerprint density at radius 2 is 1.82 bits per heavy atom. The van der Waals surface area contributed by atoms with Gasteiger partial charge in [-0.25, -0.2) is 8.42 Å². The van der Waals surface area contributed by atoms with Crippen molar-refractivity contribution in [2.75, 3.05) is 32.9 Å². The summed E-state index contributed by atoms with van der Waals surface area (Å²) in [4.78, 5) is 38.9. The first-order valence-electron chi connectivity index (χ1n) is 9.22. The Hall–Kier alpha value is -2.42. The topological polar surface area (TPSA) is 104 Å². The number of nitrogens with zero attached hydrogens (tertiary/aromatic N) is 2. The van der Waals surface area contributed by atoms with E-state index in [1.807, 2.05) is 6.92 Å². The molecule has 1 aliphatic rings. The van der Waals surface area contributed by atoms with E-state index in [0.717, 1.165) is 12.8 Å². The summed E-state index contributed by atoms with van der Waals surface area (Å²) in [5.41, 5.74) is 0.315. The second-order valence-corrected chi connectivity index (χ2v) is 9.16. The van der Waals surface area contributed by atoms with E-state index in [1.165, 1.54) is 43.3 Å². The molecular formula is C19H27N3O5S. The van der Waals surface area contributed by atoms with Crippen LogP contribution >= 0.6 is 0 Å². The van der Waals surface area contributed by atoms with Gasteiger partial charge in [-0.3, -0.25) is 14.4 Å². The maximum Gasteiger partial charge on any atom is 0.251 e. The number of amides is 3. The maximum absolute atomic E-state index is 12.3. The van der Waals surface area contributed by atoms with Crippen molar-refractivity contribution in [3.63, 3.8) is 0 Å². The van der Waals surface area contributed by atoms with Crippen LogP contribution in [0, 0.1) is 0 Å². The smallest absolute Gasteiger partial charge is 0.251 e. The van der Waals surface area contributed by atoms with E-state index in [1.54, 1.807) is 4.90 Å². The van der Waals surface area contributed by atoms with E-state index in [9.17, 15) is 22.8 Å². The summed E-state index contributed by atoms with van der Waals surface area (Å²) >= 11 is 0. The Morgan fingerprint density at radius 1 is 1.18 bits per heavy atom. The molecule has 0 aromatic heterocycles. The molecule has 0 saturated carbocycles. The molecule has 1 aliphatic heterocycles. The Bertz CT molecular complexity index is 834. The number of piperidine rings is 1. The first kappa shape index (κ1) is 21.9. The van der Waals surface area contributed by atoms with E-state index in [0.29, 0.717) is 25.1 Å². The lowest BCUT2D eigenvalue weighted by atomic mass is 10.1. The Kier molecular flexibility index (Phi) is 7.17. The minimum Gasteiger partial charge on any atom is -0.350 e. The molecule has 1 aromatic carbocycles. The number of nitrogens with one attached hydrogen (secondary N) is 1. The summed E-state index contributed by atoms with van der Waals surface area (Å²) in [6, 6.07) is 5.38. The SMILES string of the molecule is C[C@@H](CNC(=O)c1ccc(S(=O)(=O)CC(=O)N(C)C)cc1)N1CCCCC1=O. The van der Waals surface area contributed by atoms with Crippen molar-refractivity contribution in [1.82, 2.24) is 15.1 Å². The standard InChI is InChI=1S/C19H27N3O5S/c1-14(22-11-5-4-6-17(22)23)12-20-19(25)15-7-9-16(10-8-15)28(26,27)13-18(24)21(2)3/h7-10,14H,4-6,11-13H2,1-3H3,(H,20,25)/t14-/m0/s1. The predicted octanol–water partition coefficient (Wildman–Crippen LogP) is 0.679. The summed E-state index contributed by atoms with van der Waals surface area (Å²) in [7, 11) is -0.781.